The Balaban J connectivity index is 1.54. The molecule has 3 fully saturated rings. The van der Waals surface area contributed by atoms with Gasteiger partial charge in [-0.05, 0) is 51.9 Å². The minimum atomic E-state index is 0.802. The Kier molecular flexibility index (Phi) is 4.74. The van der Waals surface area contributed by atoms with E-state index < -0.39 is 0 Å². The largest absolute Gasteiger partial charge is 0.315 e. The number of nitrogens with one attached hydrogen (secondary N) is 1. The minimum absolute atomic E-state index is 0.802. The first-order valence-corrected chi connectivity index (χ1v) is 8.18. The second-order valence-corrected chi connectivity index (χ2v) is 6.67. The zero-order valence-corrected chi connectivity index (χ0v) is 12.5. The summed E-state index contributed by atoms with van der Waals surface area (Å²) in [5, 5.41) is 3.62. The highest BCUT2D eigenvalue weighted by Gasteiger charge is 2.32. The molecule has 0 aromatic carbocycles. The van der Waals surface area contributed by atoms with Crippen LogP contribution in [0.2, 0.25) is 0 Å². The van der Waals surface area contributed by atoms with Crippen LogP contribution in [0.25, 0.3) is 0 Å². The van der Waals surface area contributed by atoms with Gasteiger partial charge in [0.2, 0.25) is 0 Å². The van der Waals surface area contributed by atoms with Crippen molar-refractivity contribution < 1.29 is 0 Å². The lowest BCUT2D eigenvalue weighted by Crippen LogP contribution is -2.55. The first-order chi connectivity index (χ1) is 9.33. The molecule has 0 radical (unpaired) electrons. The van der Waals surface area contributed by atoms with Gasteiger partial charge in [-0.3, -0.25) is 4.90 Å². The summed E-state index contributed by atoms with van der Waals surface area (Å²) in [7, 11) is 2.24. The van der Waals surface area contributed by atoms with Gasteiger partial charge in [0.1, 0.15) is 0 Å². The predicted molar refractivity (Wildman–Crippen MR) is 79.5 cm³/mol. The SMILES string of the molecule is CN1CCN(CC2CCNCC2N2CCCC2)CC1. The van der Waals surface area contributed by atoms with E-state index >= 15 is 0 Å². The van der Waals surface area contributed by atoms with Crippen LogP contribution in [0.15, 0.2) is 0 Å². The van der Waals surface area contributed by atoms with Crippen molar-refractivity contribution in [2.45, 2.75) is 25.3 Å². The van der Waals surface area contributed by atoms with Gasteiger partial charge in [0, 0.05) is 45.3 Å². The Bertz CT molecular complexity index is 269. The molecule has 0 aromatic rings. The number of piperazine rings is 1. The molecule has 1 N–H and O–H groups in total. The van der Waals surface area contributed by atoms with Gasteiger partial charge in [-0.15, -0.1) is 0 Å². The summed E-state index contributed by atoms with van der Waals surface area (Å²) in [6.07, 6.45) is 4.20. The lowest BCUT2D eigenvalue weighted by atomic mass is 9.90. The van der Waals surface area contributed by atoms with Gasteiger partial charge in [0.15, 0.2) is 0 Å². The number of likely N-dealkylation sites (N-methyl/N-ethyl adjacent to an activating group) is 1. The van der Waals surface area contributed by atoms with Gasteiger partial charge in [0.05, 0.1) is 0 Å². The van der Waals surface area contributed by atoms with Crippen molar-refractivity contribution in [1.29, 1.82) is 0 Å². The van der Waals surface area contributed by atoms with E-state index in [4.69, 9.17) is 0 Å². The third-order valence-corrected chi connectivity index (χ3v) is 5.29. The average Bonchev–Trinajstić information content (AvgIpc) is 2.96. The zero-order chi connectivity index (χ0) is 13.1. The van der Waals surface area contributed by atoms with E-state index in [1.54, 1.807) is 0 Å². The molecule has 0 spiro atoms. The van der Waals surface area contributed by atoms with E-state index in [2.05, 4.69) is 27.1 Å². The van der Waals surface area contributed by atoms with Crippen molar-refractivity contribution in [2.24, 2.45) is 5.92 Å². The van der Waals surface area contributed by atoms with Crippen LogP contribution in [0.4, 0.5) is 0 Å². The minimum Gasteiger partial charge on any atom is -0.315 e. The van der Waals surface area contributed by atoms with Gasteiger partial charge in [-0.2, -0.15) is 0 Å². The molecule has 2 atom stereocenters. The summed E-state index contributed by atoms with van der Waals surface area (Å²) in [5.41, 5.74) is 0. The van der Waals surface area contributed by atoms with Crippen LogP contribution in [0.1, 0.15) is 19.3 Å². The fourth-order valence-electron chi connectivity index (χ4n) is 3.97. The summed E-state index contributed by atoms with van der Waals surface area (Å²) >= 11 is 0. The highest BCUT2D eigenvalue weighted by Crippen LogP contribution is 2.23. The van der Waals surface area contributed by atoms with E-state index in [-0.39, 0.29) is 0 Å². The molecule has 3 aliphatic heterocycles. The fraction of sp³-hybridized carbons (Fsp3) is 1.00. The standard InChI is InChI=1S/C15H30N4/c1-17-8-10-18(11-9-17)13-14-4-5-16-12-15(14)19-6-2-3-7-19/h14-16H,2-13H2,1H3. The van der Waals surface area contributed by atoms with Crippen LogP contribution >= 0.6 is 0 Å². The highest BCUT2D eigenvalue weighted by molar-refractivity contribution is 4.89. The molecular formula is C15H30N4. The molecule has 3 heterocycles. The maximum atomic E-state index is 3.62. The van der Waals surface area contributed by atoms with Crippen molar-refractivity contribution in [2.75, 3.05) is 66.0 Å². The lowest BCUT2D eigenvalue weighted by Gasteiger charge is -2.42. The van der Waals surface area contributed by atoms with E-state index in [1.807, 2.05) is 0 Å². The lowest BCUT2D eigenvalue weighted by molar-refractivity contribution is 0.0793. The van der Waals surface area contributed by atoms with Crippen LogP contribution < -0.4 is 5.32 Å². The molecule has 0 amide bonds. The molecule has 19 heavy (non-hydrogen) atoms. The Hall–Kier alpha value is -0.160. The topological polar surface area (TPSA) is 21.8 Å². The summed E-state index contributed by atoms with van der Waals surface area (Å²) in [6, 6.07) is 0.802. The van der Waals surface area contributed by atoms with Crippen LogP contribution in [-0.2, 0) is 0 Å². The second-order valence-electron chi connectivity index (χ2n) is 6.67. The van der Waals surface area contributed by atoms with Gasteiger partial charge in [-0.1, -0.05) is 0 Å². The maximum absolute atomic E-state index is 3.62. The highest BCUT2D eigenvalue weighted by atomic mass is 15.3. The van der Waals surface area contributed by atoms with Gasteiger partial charge >= 0.3 is 0 Å². The Labute approximate surface area is 118 Å². The number of rotatable bonds is 3. The van der Waals surface area contributed by atoms with E-state index in [9.17, 15) is 0 Å². The molecule has 4 heteroatoms. The molecule has 0 aromatic heterocycles. The van der Waals surface area contributed by atoms with E-state index in [1.165, 1.54) is 78.2 Å². The zero-order valence-electron chi connectivity index (χ0n) is 12.5. The normalized spacial score (nSPS) is 35.8. The third-order valence-electron chi connectivity index (χ3n) is 5.29. The Morgan fingerprint density at radius 3 is 2.47 bits per heavy atom. The number of hydrogen-bond acceptors (Lipinski definition) is 4. The molecule has 3 aliphatic rings. The van der Waals surface area contributed by atoms with Crippen LogP contribution in [0.5, 0.6) is 0 Å². The monoisotopic (exact) mass is 266 g/mol. The number of nitrogens with zero attached hydrogens (tertiary/aromatic N) is 3. The molecular weight excluding hydrogens is 236 g/mol. The van der Waals surface area contributed by atoms with Crippen LogP contribution in [0.3, 0.4) is 0 Å². The first kappa shape index (κ1) is 13.8. The quantitative estimate of drug-likeness (QED) is 0.793. The van der Waals surface area contributed by atoms with Crippen molar-refractivity contribution in [3.8, 4) is 0 Å². The second kappa shape index (κ2) is 6.53. The van der Waals surface area contributed by atoms with E-state index in [0.717, 1.165) is 12.0 Å². The molecule has 0 bridgehead atoms. The number of hydrogen-bond donors (Lipinski definition) is 1. The predicted octanol–water partition coefficient (Wildman–Crippen LogP) is 0.308. The molecule has 4 nitrogen and oxygen atoms in total. The Morgan fingerprint density at radius 1 is 1.00 bits per heavy atom. The molecule has 3 rings (SSSR count). The fourth-order valence-corrected chi connectivity index (χ4v) is 3.97. The first-order valence-electron chi connectivity index (χ1n) is 8.18. The number of likely N-dealkylation sites (tertiary alicyclic amines) is 1. The van der Waals surface area contributed by atoms with Crippen molar-refractivity contribution in [1.82, 2.24) is 20.0 Å². The van der Waals surface area contributed by atoms with Crippen molar-refractivity contribution in [3.05, 3.63) is 0 Å². The van der Waals surface area contributed by atoms with Crippen molar-refractivity contribution >= 4 is 0 Å². The summed E-state index contributed by atoms with van der Waals surface area (Å²) in [4.78, 5) is 7.92. The molecule has 0 saturated carbocycles. The van der Waals surface area contributed by atoms with Gasteiger partial charge in [-0.25, -0.2) is 0 Å². The van der Waals surface area contributed by atoms with Crippen LogP contribution in [0, 0.1) is 5.92 Å². The maximum Gasteiger partial charge on any atom is 0.0261 e. The molecule has 110 valence electrons. The van der Waals surface area contributed by atoms with Crippen molar-refractivity contribution in [3.63, 3.8) is 0 Å². The Morgan fingerprint density at radius 2 is 1.74 bits per heavy atom. The van der Waals surface area contributed by atoms with Gasteiger partial charge in [0.25, 0.3) is 0 Å². The molecule has 2 unspecified atom stereocenters. The summed E-state index contributed by atoms with van der Waals surface area (Å²) in [5.74, 6) is 0.891. The average molecular weight is 266 g/mol. The smallest absolute Gasteiger partial charge is 0.0261 e. The molecule has 0 aliphatic carbocycles. The molecule has 3 saturated heterocycles. The third kappa shape index (κ3) is 3.48. The summed E-state index contributed by atoms with van der Waals surface area (Å²) in [6.45, 7) is 11.5. The number of piperidine rings is 1. The van der Waals surface area contributed by atoms with Gasteiger partial charge < -0.3 is 15.1 Å². The van der Waals surface area contributed by atoms with E-state index in [0.29, 0.717) is 0 Å². The summed E-state index contributed by atoms with van der Waals surface area (Å²) < 4.78 is 0. The van der Waals surface area contributed by atoms with Crippen LogP contribution in [-0.4, -0.2) is 86.7 Å².